The molecular formula is C10H9N5S. The molecule has 2 aromatic rings. The van der Waals surface area contributed by atoms with Crippen molar-refractivity contribution < 1.29 is 0 Å². The zero-order valence-corrected chi connectivity index (χ0v) is 9.45. The van der Waals surface area contributed by atoms with E-state index in [1.165, 1.54) is 18.0 Å². The average molecular weight is 231 g/mol. The molecule has 0 unspecified atom stereocenters. The maximum absolute atomic E-state index is 8.63. The van der Waals surface area contributed by atoms with E-state index in [0.717, 1.165) is 17.3 Å². The molecule has 0 aliphatic heterocycles. The largest absolute Gasteiger partial charge is 0.262 e. The van der Waals surface area contributed by atoms with Crippen molar-refractivity contribution in [3.8, 4) is 6.07 Å². The highest BCUT2D eigenvalue weighted by Crippen LogP contribution is 2.22. The van der Waals surface area contributed by atoms with Crippen LogP contribution in [0.3, 0.4) is 0 Å². The lowest BCUT2D eigenvalue weighted by atomic mass is 10.3. The Morgan fingerprint density at radius 1 is 1.50 bits per heavy atom. The Morgan fingerprint density at radius 2 is 2.38 bits per heavy atom. The fraction of sp³-hybridized carbons (Fsp3) is 0.200. The second-order valence-corrected chi connectivity index (χ2v) is 4.00. The molecule has 0 aromatic carbocycles. The molecule has 1 N–H and O–H groups in total. The molecule has 5 nitrogen and oxygen atoms in total. The third kappa shape index (κ3) is 2.38. The first-order valence-corrected chi connectivity index (χ1v) is 5.58. The maximum atomic E-state index is 8.63. The van der Waals surface area contributed by atoms with Crippen LogP contribution in [-0.2, 0) is 6.42 Å². The first-order chi connectivity index (χ1) is 7.81. The smallest absolute Gasteiger partial charge is 0.214 e. The van der Waals surface area contributed by atoms with Crippen molar-refractivity contribution in [1.29, 1.82) is 5.26 Å². The number of nitrogens with zero attached hydrogens (tertiary/aromatic N) is 4. The number of H-pyrrole nitrogens is 1. The first kappa shape index (κ1) is 10.6. The van der Waals surface area contributed by atoms with E-state index in [9.17, 15) is 0 Å². The fourth-order valence-corrected chi connectivity index (χ4v) is 1.76. The highest BCUT2D eigenvalue weighted by molar-refractivity contribution is 7.99. The Labute approximate surface area is 96.9 Å². The molecule has 0 saturated heterocycles. The Kier molecular flexibility index (Phi) is 3.17. The second-order valence-electron chi connectivity index (χ2n) is 3.02. The van der Waals surface area contributed by atoms with Gasteiger partial charge in [0.15, 0.2) is 0 Å². The van der Waals surface area contributed by atoms with E-state index in [1.807, 2.05) is 13.0 Å². The quantitative estimate of drug-likeness (QED) is 0.871. The van der Waals surface area contributed by atoms with E-state index in [1.54, 1.807) is 12.1 Å². The van der Waals surface area contributed by atoms with Crippen LogP contribution < -0.4 is 0 Å². The molecular weight excluding hydrogens is 222 g/mol. The van der Waals surface area contributed by atoms with Gasteiger partial charge in [0, 0.05) is 12.6 Å². The molecule has 0 aliphatic carbocycles. The van der Waals surface area contributed by atoms with Gasteiger partial charge in [-0.25, -0.2) is 9.97 Å². The van der Waals surface area contributed by atoms with E-state index in [4.69, 9.17) is 5.26 Å². The third-order valence-corrected chi connectivity index (χ3v) is 2.72. The number of nitrogens with one attached hydrogen (secondary N) is 1. The van der Waals surface area contributed by atoms with Gasteiger partial charge in [0.25, 0.3) is 0 Å². The van der Waals surface area contributed by atoms with Crippen LogP contribution in [0.5, 0.6) is 0 Å². The molecule has 16 heavy (non-hydrogen) atoms. The molecule has 0 saturated carbocycles. The lowest BCUT2D eigenvalue weighted by Gasteiger charge is -1.94. The van der Waals surface area contributed by atoms with Crippen LogP contribution in [-0.4, -0.2) is 20.2 Å². The minimum Gasteiger partial charge on any atom is -0.262 e. The lowest BCUT2D eigenvalue weighted by Crippen LogP contribution is -1.83. The van der Waals surface area contributed by atoms with Crippen LogP contribution in [0.2, 0.25) is 0 Å². The van der Waals surface area contributed by atoms with Crippen molar-refractivity contribution in [2.75, 3.05) is 0 Å². The summed E-state index contributed by atoms with van der Waals surface area (Å²) in [6.45, 7) is 2.01. The summed E-state index contributed by atoms with van der Waals surface area (Å²) in [5.41, 5.74) is 0.550. The monoisotopic (exact) mass is 231 g/mol. The Bertz CT molecular complexity index is 511. The Hall–Kier alpha value is -1.87. The second kappa shape index (κ2) is 4.77. The molecule has 2 heterocycles. The van der Waals surface area contributed by atoms with Gasteiger partial charge < -0.3 is 0 Å². The lowest BCUT2D eigenvalue weighted by molar-refractivity contribution is 0.940. The number of hydrogen-bond donors (Lipinski definition) is 1. The number of aromatic nitrogens is 4. The van der Waals surface area contributed by atoms with Crippen LogP contribution in [0.4, 0.5) is 0 Å². The van der Waals surface area contributed by atoms with Crippen LogP contribution in [0.15, 0.2) is 28.5 Å². The summed E-state index contributed by atoms with van der Waals surface area (Å²) >= 11 is 1.37. The Balaban J connectivity index is 2.11. The summed E-state index contributed by atoms with van der Waals surface area (Å²) in [5, 5.41) is 16.9. The summed E-state index contributed by atoms with van der Waals surface area (Å²) in [7, 11) is 0. The molecule has 0 amide bonds. The number of aromatic amines is 1. The molecule has 6 heteroatoms. The molecule has 0 bridgehead atoms. The van der Waals surface area contributed by atoms with Gasteiger partial charge in [-0.15, -0.1) is 5.10 Å². The van der Waals surface area contributed by atoms with Crippen molar-refractivity contribution >= 4 is 11.8 Å². The van der Waals surface area contributed by atoms with E-state index in [0.29, 0.717) is 10.7 Å². The van der Waals surface area contributed by atoms with Crippen LogP contribution in [0.25, 0.3) is 0 Å². The number of nitriles is 1. The number of pyridine rings is 1. The number of aryl methyl sites for hydroxylation is 1. The maximum Gasteiger partial charge on any atom is 0.214 e. The van der Waals surface area contributed by atoms with Gasteiger partial charge in [-0.1, -0.05) is 6.92 Å². The zero-order valence-electron chi connectivity index (χ0n) is 8.64. The van der Waals surface area contributed by atoms with E-state index in [2.05, 4.69) is 20.2 Å². The van der Waals surface area contributed by atoms with Gasteiger partial charge in [-0.3, -0.25) is 5.10 Å². The summed E-state index contributed by atoms with van der Waals surface area (Å²) < 4.78 is 0. The molecule has 0 radical (unpaired) electrons. The Morgan fingerprint density at radius 3 is 2.94 bits per heavy atom. The van der Waals surface area contributed by atoms with Gasteiger partial charge in [0.1, 0.15) is 16.9 Å². The van der Waals surface area contributed by atoms with Crippen molar-refractivity contribution in [1.82, 2.24) is 20.2 Å². The molecule has 0 fully saturated rings. The van der Waals surface area contributed by atoms with Crippen molar-refractivity contribution in [2.45, 2.75) is 23.5 Å². The molecule has 2 aromatic heterocycles. The molecule has 0 atom stereocenters. The number of rotatable bonds is 3. The molecule has 2 rings (SSSR count). The van der Waals surface area contributed by atoms with Gasteiger partial charge in [0.05, 0.1) is 5.56 Å². The summed E-state index contributed by atoms with van der Waals surface area (Å²) in [6, 6.07) is 5.53. The zero-order chi connectivity index (χ0) is 11.4. The average Bonchev–Trinajstić information content (AvgIpc) is 2.78. The summed E-state index contributed by atoms with van der Waals surface area (Å²) in [5.74, 6) is 0.858. The van der Waals surface area contributed by atoms with Crippen molar-refractivity contribution in [3.05, 3.63) is 29.7 Å². The fourth-order valence-electron chi connectivity index (χ4n) is 1.08. The predicted molar refractivity (Wildman–Crippen MR) is 58.8 cm³/mol. The topological polar surface area (TPSA) is 78.2 Å². The van der Waals surface area contributed by atoms with Gasteiger partial charge >= 0.3 is 0 Å². The first-order valence-electron chi connectivity index (χ1n) is 4.77. The van der Waals surface area contributed by atoms with E-state index >= 15 is 0 Å². The van der Waals surface area contributed by atoms with Crippen LogP contribution in [0.1, 0.15) is 18.3 Å². The van der Waals surface area contributed by atoms with Gasteiger partial charge in [-0.2, -0.15) is 5.26 Å². The van der Waals surface area contributed by atoms with E-state index in [-0.39, 0.29) is 0 Å². The molecule has 0 aliphatic rings. The third-order valence-electron chi connectivity index (χ3n) is 1.91. The van der Waals surface area contributed by atoms with Crippen LogP contribution in [0, 0.1) is 11.3 Å². The van der Waals surface area contributed by atoms with Crippen LogP contribution >= 0.6 is 11.8 Å². The molecule has 80 valence electrons. The standard InChI is InChI=1S/C10H9N5S/c1-2-8-13-10(15-14-8)16-9-4-3-7(5-11)6-12-9/h3-4,6H,2H2,1H3,(H,13,14,15). The number of hydrogen-bond acceptors (Lipinski definition) is 5. The van der Waals surface area contributed by atoms with E-state index < -0.39 is 0 Å². The minimum absolute atomic E-state index is 0.550. The van der Waals surface area contributed by atoms with Crippen molar-refractivity contribution in [3.63, 3.8) is 0 Å². The highest BCUT2D eigenvalue weighted by atomic mass is 32.2. The summed E-state index contributed by atoms with van der Waals surface area (Å²) in [6.07, 6.45) is 2.37. The minimum atomic E-state index is 0.550. The van der Waals surface area contributed by atoms with Crippen molar-refractivity contribution in [2.24, 2.45) is 0 Å². The van der Waals surface area contributed by atoms with Gasteiger partial charge in [-0.05, 0) is 23.9 Å². The predicted octanol–water partition coefficient (Wildman–Crippen LogP) is 1.78. The summed E-state index contributed by atoms with van der Waals surface area (Å²) in [4.78, 5) is 8.38. The SMILES string of the molecule is CCc1nc(Sc2ccc(C#N)cn2)n[nH]1. The highest BCUT2D eigenvalue weighted by Gasteiger charge is 2.04. The van der Waals surface area contributed by atoms with Gasteiger partial charge in [0.2, 0.25) is 5.16 Å². The molecule has 0 spiro atoms. The normalized spacial score (nSPS) is 10.0.